The Bertz CT molecular complexity index is 3540. The number of aromatic nitrogens is 4. The lowest BCUT2D eigenvalue weighted by atomic mass is 9.93. The molecule has 4 heteroatoms. The Hall–Kier alpha value is -7.82. The maximum atomic E-state index is 5.34. The first-order valence-corrected chi connectivity index (χ1v) is 19.8. The summed E-state index contributed by atoms with van der Waals surface area (Å²) in [6.45, 7) is 0. The van der Waals surface area contributed by atoms with Gasteiger partial charge in [-0.25, -0.2) is 9.97 Å². The maximum Gasteiger partial charge on any atom is 0.235 e. The first kappa shape index (κ1) is 32.4. The maximum absolute atomic E-state index is 5.34. The van der Waals surface area contributed by atoms with Crippen molar-refractivity contribution in [1.82, 2.24) is 19.1 Å². The Kier molecular flexibility index (Phi) is 7.20. The molecule has 0 aliphatic heterocycles. The molecule has 0 amide bonds. The minimum Gasteiger partial charge on any atom is -0.309 e. The van der Waals surface area contributed by atoms with Crippen LogP contribution < -0.4 is 0 Å². The van der Waals surface area contributed by atoms with Crippen molar-refractivity contribution in [2.75, 3.05) is 0 Å². The first-order valence-electron chi connectivity index (χ1n) is 19.8. The number of para-hydroxylation sites is 4. The molecule has 0 aliphatic rings. The van der Waals surface area contributed by atoms with E-state index in [1.165, 1.54) is 65.9 Å². The van der Waals surface area contributed by atoms with Gasteiger partial charge in [0.1, 0.15) is 0 Å². The van der Waals surface area contributed by atoms with Crippen LogP contribution in [0.1, 0.15) is 0 Å². The lowest BCUT2D eigenvalue weighted by molar-refractivity contribution is 1.02. The van der Waals surface area contributed by atoms with Crippen LogP contribution in [-0.4, -0.2) is 19.1 Å². The molecule has 0 saturated heterocycles. The summed E-state index contributed by atoms with van der Waals surface area (Å²) < 4.78 is 4.63. The third kappa shape index (κ3) is 4.95. The lowest BCUT2D eigenvalue weighted by Gasteiger charge is -2.14. The van der Waals surface area contributed by atoms with E-state index in [1.807, 2.05) is 6.07 Å². The van der Waals surface area contributed by atoms with Gasteiger partial charge in [0.25, 0.3) is 0 Å². The average molecular weight is 739 g/mol. The van der Waals surface area contributed by atoms with E-state index < -0.39 is 0 Å². The van der Waals surface area contributed by atoms with Crippen molar-refractivity contribution in [3.05, 3.63) is 206 Å². The van der Waals surface area contributed by atoms with Crippen molar-refractivity contribution < 1.29 is 0 Å². The zero-order valence-corrected chi connectivity index (χ0v) is 31.4. The summed E-state index contributed by atoms with van der Waals surface area (Å²) >= 11 is 0. The molecule has 4 nitrogen and oxygen atoms in total. The van der Waals surface area contributed by atoms with Crippen molar-refractivity contribution >= 4 is 65.3 Å². The number of rotatable bonds is 5. The number of hydrogen-bond donors (Lipinski definition) is 0. The van der Waals surface area contributed by atoms with Crippen LogP contribution in [0.2, 0.25) is 0 Å². The molecule has 0 atom stereocenters. The van der Waals surface area contributed by atoms with Gasteiger partial charge >= 0.3 is 0 Å². The summed E-state index contributed by atoms with van der Waals surface area (Å²) in [4.78, 5) is 10.6. The Balaban J connectivity index is 1.02. The molecule has 58 heavy (non-hydrogen) atoms. The highest BCUT2D eigenvalue weighted by atomic mass is 15.2. The molecule has 3 aromatic heterocycles. The summed E-state index contributed by atoms with van der Waals surface area (Å²) in [5.41, 5.74) is 13.4. The highest BCUT2D eigenvalue weighted by Crippen LogP contribution is 2.42. The molecule has 270 valence electrons. The van der Waals surface area contributed by atoms with Crippen LogP contribution in [0.3, 0.4) is 0 Å². The van der Waals surface area contributed by atoms with Gasteiger partial charge in [-0.3, -0.25) is 4.57 Å². The van der Waals surface area contributed by atoms with Gasteiger partial charge in [0.05, 0.1) is 33.3 Å². The second kappa shape index (κ2) is 12.9. The fraction of sp³-hybridized carbons (Fsp3) is 0. The molecule has 3 heterocycles. The van der Waals surface area contributed by atoms with Gasteiger partial charge in [0.15, 0.2) is 0 Å². The van der Waals surface area contributed by atoms with E-state index in [1.54, 1.807) is 0 Å². The average Bonchev–Trinajstić information content (AvgIpc) is 3.82. The molecule has 0 bridgehead atoms. The number of hydrogen-bond acceptors (Lipinski definition) is 2. The predicted molar refractivity (Wildman–Crippen MR) is 242 cm³/mol. The van der Waals surface area contributed by atoms with E-state index in [0.717, 1.165) is 38.6 Å². The molecule has 0 N–H and O–H groups in total. The van der Waals surface area contributed by atoms with Gasteiger partial charge in [-0.15, -0.1) is 0 Å². The third-order valence-electron chi connectivity index (χ3n) is 11.7. The molecule has 0 saturated carbocycles. The minimum atomic E-state index is 0.662. The Morgan fingerprint density at radius 1 is 0.310 bits per heavy atom. The van der Waals surface area contributed by atoms with Gasteiger partial charge in [-0.2, -0.15) is 0 Å². The standard InChI is InChI=1S/C54H34N4/c1-3-15-37(16-4-1)52-44-23-9-12-24-48(44)55-54(56-52)58-50-26-14-11-21-42(50)47-34-45(40-19-7-8-22-43(40)53(47)58)36-29-27-35(28-30-36)38-31-32-51-46(33-38)41-20-10-13-25-49(41)57(51)39-17-5-2-6-18-39/h1-34H. The molecule has 0 spiro atoms. The van der Waals surface area contributed by atoms with Crippen molar-refractivity contribution in [2.24, 2.45) is 0 Å². The van der Waals surface area contributed by atoms with Gasteiger partial charge in [-0.05, 0) is 76.2 Å². The quantitative estimate of drug-likeness (QED) is 0.176. The number of fused-ring (bicyclic) bond motifs is 9. The Labute approximate surface area is 334 Å². The van der Waals surface area contributed by atoms with Gasteiger partial charge in [0.2, 0.25) is 5.95 Å². The predicted octanol–water partition coefficient (Wildman–Crippen LogP) is 14.0. The summed E-state index contributed by atoms with van der Waals surface area (Å²) in [5, 5.41) is 8.23. The van der Waals surface area contributed by atoms with Crippen LogP contribution in [0.15, 0.2) is 206 Å². The molecular weight excluding hydrogens is 705 g/mol. The van der Waals surface area contributed by atoms with E-state index in [-0.39, 0.29) is 0 Å². The van der Waals surface area contributed by atoms with Crippen molar-refractivity contribution in [2.45, 2.75) is 0 Å². The van der Waals surface area contributed by atoms with E-state index >= 15 is 0 Å². The molecular formula is C54H34N4. The van der Waals surface area contributed by atoms with Crippen LogP contribution in [0.4, 0.5) is 0 Å². The van der Waals surface area contributed by atoms with Gasteiger partial charge in [-0.1, -0.05) is 158 Å². The van der Waals surface area contributed by atoms with Gasteiger partial charge in [0, 0.05) is 43.6 Å². The number of benzene rings is 9. The minimum absolute atomic E-state index is 0.662. The number of nitrogens with zero attached hydrogens (tertiary/aromatic N) is 4. The van der Waals surface area contributed by atoms with Gasteiger partial charge < -0.3 is 4.57 Å². The summed E-state index contributed by atoms with van der Waals surface area (Å²) in [7, 11) is 0. The topological polar surface area (TPSA) is 35.6 Å². The smallest absolute Gasteiger partial charge is 0.235 e. The van der Waals surface area contributed by atoms with E-state index in [4.69, 9.17) is 9.97 Å². The largest absolute Gasteiger partial charge is 0.309 e. The fourth-order valence-corrected chi connectivity index (χ4v) is 9.10. The first-order chi connectivity index (χ1) is 28.8. The van der Waals surface area contributed by atoms with Crippen LogP contribution in [0, 0.1) is 0 Å². The van der Waals surface area contributed by atoms with Crippen molar-refractivity contribution in [1.29, 1.82) is 0 Å². The second-order valence-corrected chi connectivity index (χ2v) is 15.0. The van der Waals surface area contributed by atoms with Crippen molar-refractivity contribution in [3.8, 4) is 45.1 Å². The summed E-state index contributed by atoms with van der Waals surface area (Å²) in [5.74, 6) is 0.662. The van der Waals surface area contributed by atoms with E-state index in [2.05, 4.69) is 209 Å². The van der Waals surface area contributed by atoms with Crippen LogP contribution in [0.25, 0.3) is 110 Å². The van der Waals surface area contributed by atoms with E-state index in [0.29, 0.717) is 5.95 Å². The van der Waals surface area contributed by atoms with Crippen molar-refractivity contribution in [3.63, 3.8) is 0 Å². The summed E-state index contributed by atoms with van der Waals surface area (Å²) in [6, 6.07) is 73.8. The normalized spacial score (nSPS) is 11.8. The third-order valence-corrected chi connectivity index (χ3v) is 11.7. The molecule has 0 radical (unpaired) electrons. The Morgan fingerprint density at radius 3 is 1.62 bits per heavy atom. The lowest BCUT2D eigenvalue weighted by Crippen LogP contribution is -2.03. The zero-order chi connectivity index (χ0) is 38.2. The van der Waals surface area contributed by atoms with Crippen LogP contribution >= 0.6 is 0 Å². The second-order valence-electron chi connectivity index (χ2n) is 15.0. The summed E-state index contributed by atoms with van der Waals surface area (Å²) in [6.07, 6.45) is 0. The van der Waals surface area contributed by atoms with Crippen LogP contribution in [0.5, 0.6) is 0 Å². The van der Waals surface area contributed by atoms with E-state index in [9.17, 15) is 0 Å². The molecule has 9 aromatic carbocycles. The highest BCUT2D eigenvalue weighted by Gasteiger charge is 2.21. The molecule has 0 fully saturated rings. The molecule has 0 aliphatic carbocycles. The van der Waals surface area contributed by atoms with Crippen LogP contribution in [-0.2, 0) is 0 Å². The SMILES string of the molecule is c1ccc(-c2nc(-n3c4ccccc4c4cc(-c5ccc(-c6ccc7c(c6)c6ccccc6n7-c6ccccc6)cc5)c5ccccc5c43)nc3ccccc23)cc1. The molecule has 0 unspecified atom stereocenters. The molecule has 12 aromatic rings. The Morgan fingerprint density at radius 2 is 0.862 bits per heavy atom. The highest BCUT2D eigenvalue weighted by molar-refractivity contribution is 6.22. The molecule has 12 rings (SSSR count). The zero-order valence-electron chi connectivity index (χ0n) is 31.4. The fourth-order valence-electron chi connectivity index (χ4n) is 9.10. The monoisotopic (exact) mass is 738 g/mol.